The molecule has 118 valence electrons. The van der Waals surface area contributed by atoms with Crippen molar-refractivity contribution in [3.8, 4) is 0 Å². The molecule has 0 aromatic heterocycles. The summed E-state index contributed by atoms with van der Waals surface area (Å²) in [5, 5.41) is 0. The second kappa shape index (κ2) is 9.35. The third-order valence-corrected chi connectivity index (χ3v) is 4.16. The summed E-state index contributed by atoms with van der Waals surface area (Å²) in [6.45, 7) is 6.46. The zero-order valence-corrected chi connectivity index (χ0v) is 13.4. The molecule has 1 saturated carbocycles. The predicted octanol–water partition coefficient (Wildman–Crippen LogP) is 2.42. The van der Waals surface area contributed by atoms with Crippen molar-refractivity contribution in [1.82, 2.24) is 4.90 Å². The fraction of sp³-hybridized carbons (Fsp3) is 0.938. The Morgan fingerprint density at radius 2 is 1.95 bits per heavy atom. The first-order valence-corrected chi connectivity index (χ1v) is 8.05. The highest BCUT2D eigenvalue weighted by molar-refractivity contribution is 5.76. The molecule has 4 nitrogen and oxygen atoms in total. The van der Waals surface area contributed by atoms with E-state index in [1.165, 1.54) is 12.8 Å². The summed E-state index contributed by atoms with van der Waals surface area (Å²) >= 11 is 0. The number of rotatable bonds is 8. The van der Waals surface area contributed by atoms with Gasteiger partial charge >= 0.3 is 0 Å². The lowest BCUT2D eigenvalue weighted by atomic mass is 9.83. The molecule has 0 unspecified atom stereocenters. The first-order chi connectivity index (χ1) is 9.52. The van der Waals surface area contributed by atoms with Crippen LogP contribution in [-0.2, 0) is 9.53 Å². The van der Waals surface area contributed by atoms with Crippen LogP contribution >= 0.6 is 0 Å². The van der Waals surface area contributed by atoms with Gasteiger partial charge in [-0.15, -0.1) is 0 Å². The molecule has 0 radical (unpaired) electrons. The smallest absolute Gasteiger partial charge is 0.222 e. The van der Waals surface area contributed by atoms with Gasteiger partial charge in [0.1, 0.15) is 0 Å². The van der Waals surface area contributed by atoms with Gasteiger partial charge in [-0.3, -0.25) is 4.79 Å². The van der Waals surface area contributed by atoms with Crippen molar-refractivity contribution in [3.05, 3.63) is 0 Å². The van der Waals surface area contributed by atoms with Crippen LogP contribution < -0.4 is 5.73 Å². The number of hydrogen-bond donors (Lipinski definition) is 1. The van der Waals surface area contributed by atoms with Crippen molar-refractivity contribution in [2.75, 3.05) is 26.8 Å². The molecule has 4 heteroatoms. The maximum Gasteiger partial charge on any atom is 0.222 e. The second-order valence-electron chi connectivity index (χ2n) is 6.55. The van der Waals surface area contributed by atoms with Gasteiger partial charge < -0.3 is 15.4 Å². The first-order valence-electron chi connectivity index (χ1n) is 8.05. The van der Waals surface area contributed by atoms with E-state index in [1.54, 1.807) is 7.11 Å². The van der Waals surface area contributed by atoms with E-state index in [0.717, 1.165) is 25.8 Å². The zero-order valence-electron chi connectivity index (χ0n) is 13.4. The molecule has 0 atom stereocenters. The van der Waals surface area contributed by atoms with Crippen LogP contribution in [0.1, 0.15) is 52.4 Å². The van der Waals surface area contributed by atoms with Crippen LogP contribution in [0.3, 0.4) is 0 Å². The largest absolute Gasteiger partial charge is 0.383 e. The lowest BCUT2D eigenvalue weighted by Crippen LogP contribution is -2.37. The van der Waals surface area contributed by atoms with Crippen LogP contribution in [0.4, 0.5) is 0 Å². The Labute approximate surface area is 124 Å². The highest BCUT2D eigenvalue weighted by Crippen LogP contribution is 2.27. The van der Waals surface area contributed by atoms with Gasteiger partial charge in [0, 0.05) is 32.7 Å². The van der Waals surface area contributed by atoms with E-state index in [0.29, 0.717) is 37.5 Å². The van der Waals surface area contributed by atoms with Crippen molar-refractivity contribution in [3.63, 3.8) is 0 Å². The SMILES string of the molecule is COCCN(CC(C)C)C(=O)CCC1CCC(N)CC1. The summed E-state index contributed by atoms with van der Waals surface area (Å²) < 4.78 is 5.10. The van der Waals surface area contributed by atoms with E-state index in [9.17, 15) is 4.79 Å². The molecule has 1 aliphatic carbocycles. The lowest BCUT2D eigenvalue weighted by Gasteiger charge is -2.28. The van der Waals surface area contributed by atoms with Gasteiger partial charge in [-0.05, 0) is 43.9 Å². The fourth-order valence-electron chi connectivity index (χ4n) is 2.92. The second-order valence-corrected chi connectivity index (χ2v) is 6.55. The number of ether oxygens (including phenoxy) is 1. The van der Waals surface area contributed by atoms with Crippen molar-refractivity contribution in [2.24, 2.45) is 17.6 Å². The maximum absolute atomic E-state index is 12.3. The first kappa shape index (κ1) is 17.4. The monoisotopic (exact) mass is 284 g/mol. The van der Waals surface area contributed by atoms with Gasteiger partial charge in [-0.25, -0.2) is 0 Å². The number of methoxy groups -OCH3 is 1. The van der Waals surface area contributed by atoms with Crippen molar-refractivity contribution in [2.45, 2.75) is 58.4 Å². The van der Waals surface area contributed by atoms with Gasteiger partial charge in [0.2, 0.25) is 5.91 Å². The van der Waals surface area contributed by atoms with Crippen LogP contribution in [0.25, 0.3) is 0 Å². The number of carbonyl (C=O) groups excluding carboxylic acids is 1. The molecule has 20 heavy (non-hydrogen) atoms. The molecule has 1 rings (SSSR count). The molecular formula is C16H32N2O2. The summed E-state index contributed by atoms with van der Waals surface area (Å²) in [6.07, 6.45) is 6.33. The molecule has 0 aromatic carbocycles. The van der Waals surface area contributed by atoms with E-state index < -0.39 is 0 Å². The molecule has 0 heterocycles. The van der Waals surface area contributed by atoms with Crippen molar-refractivity contribution in [1.29, 1.82) is 0 Å². The summed E-state index contributed by atoms with van der Waals surface area (Å²) in [5.74, 6) is 1.48. The minimum absolute atomic E-state index is 0.283. The lowest BCUT2D eigenvalue weighted by molar-refractivity contribution is -0.132. The van der Waals surface area contributed by atoms with Crippen LogP contribution in [-0.4, -0.2) is 43.7 Å². The average molecular weight is 284 g/mol. The Hall–Kier alpha value is -0.610. The third kappa shape index (κ3) is 6.71. The molecule has 0 spiro atoms. The molecule has 1 amide bonds. The van der Waals surface area contributed by atoms with E-state index in [4.69, 9.17) is 10.5 Å². The molecule has 1 aliphatic rings. The molecule has 0 bridgehead atoms. The number of nitrogens with zero attached hydrogens (tertiary/aromatic N) is 1. The minimum Gasteiger partial charge on any atom is -0.383 e. The predicted molar refractivity (Wildman–Crippen MR) is 82.5 cm³/mol. The number of amides is 1. The van der Waals surface area contributed by atoms with Crippen LogP contribution in [0.15, 0.2) is 0 Å². The van der Waals surface area contributed by atoms with Crippen LogP contribution in [0.2, 0.25) is 0 Å². The maximum atomic E-state index is 12.3. The Bertz CT molecular complexity index is 274. The van der Waals surface area contributed by atoms with Gasteiger partial charge in [0.05, 0.1) is 6.61 Å². The standard InChI is InChI=1S/C16H32N2O2/c1-13(2)12-18(10-11-20-3)16(19)9-6-14-4-7-15(17)8-5-14/h13-15H,4-12,17H2,1-3H3. The summed E-state index contributed by atoms with van der Waals surface area (Å²) in [7, 11) is 1.68. The summed E-state index contributed by atoms with van der Waals surface area (Å²) in [6, 6.07) is 0.390. The van der Waals surface area contributed by atoms with Gasteiger partial charge in [0.25, 0.3) is 0 Å². The van der Waals surface area contributed by atoms with E-state index >= 15 is 0 Å². The molecule has 0 saturated heterocycles. The van der Waals surface area contributed by atoms with Crippen molar-refractivity contribution >= 4 is 5.91 Å². The number of nitrogens with two attached hydrogens (primary N) is 1. The van der Waals surface area contributed by atoms with Gasteiger partial charge in [0.15, 0.2) is 0 Å². The minimum atomic E-state index is 0.283. The van der Waals surface area contributed by atoms with Crippen LogP contribution in [0, 0.1) is 11.8 Å². The highest BCUT2D eigenvalue weighted by atomic mass is 16.5. The molecule has 1 fully saturated rings. The Morgan fingerprint density at radius 1 is 1.30 bits per heavy atom. The Balaban J connectivity index is 2.32. The molecular weight excluding hydrogens is 252 g/mol. The summed E-state index contributed by atoms with van der Waals surface area (Å²) in [5.41, 5.74) is 5.92. The molecule has 0 aromatic rings. The normalized spacial score (nSPS) is 23.1. The third-order valence-electron chi connectivity index (χ3n) is 4.16. The molecule has 2 N–H and O–H groups in total. The zero-order chi connectivity index (χ0) is 15.0. The van der Waals surface area contributed by atoms with Gasteiger partial charge in [-0.2, -0.15) is 0 Å². The summed E-state index contributed by atoms with van der Waals surface area (Å²) in [4.78, 5) is 14.3. The number of hydrogen-bond acceptors (Lipinski definition) is 3. The van der Waals surface area contributed by atoms with Crippen LogP contribution in [0.5, 0.6) is 0 Å². The topological polar surface area (TPSA) is 55.6 Å². The fourth-order valence-corrected chi connectivity index (χ4v) is 2.92. The van der Waals surface area contributed by atoms with E-state index in [1.807, 2.05) is 4.90 Å². The molecule has 0 aliphatic heterocycles. The quantitative estimate of drug-likeness (QED) is 0.744. The Kier molecular flexibility index (Phi) is 8.15. The van der Waals surface area contributed by atoms with Crippen molar-refractivity contribution < 1.29 is 9.53 Å². The number of carbonyl (C=O) groups is 1. The Morgan fingerprint density at radius 3 is 2.50 bits per heavy atom. The van der Waals surface area contributed by atoms with E-state index in [-0.39, 0.29) is 5.91 Å². The van der Waals surface area contributed by atoms with Gasteiger partial charge in [-0.1, -0.05) is 13.8 Å². The highest BCUT2D eigenvalue weighted by Gasteiger charge is 2.21. The van der Waals surface area contributed by atoms with E-state index in [2.05, 4.69) is 13.8 Å². The average Bonchev–Trinajstić information content (AvgIpc) is 2.42.